The molecule has 2 aromatic rings. The third-order valence-electron chi connectivity index (χ3n) is 3.15. The van der Waals surface area contributed by atoms with Crippen LogP contribution in [0.4, 0.5) is 0 Å². The average Bonchev–Trinajstić information content (AvgIpc) is 2.60. The number of pyridine rings is 1. The van der Waals surface area contributed by atoms with Gasteiger partial charge in [0.2, 0.25) is 0 Å². The van der Waals surface area contributed by atoms with E-state index in [0.717, 1.165) is 11.1 Å². The molecule has 0 radical (unpaired) electrons. The van der Waals surface area contributed by atoms with Gasteiger partial charge in [0.1, 0.15) is 11.4 Å². The molecule has 0 atom stereocenters. The first kappa shape index (κ1) is 16.6. The summed E-state index contributed by atoms with van der Waals surface area (Å²) < 4.78 is 4.87. The predicted octanol–water partition coefficient (Wildman–Crippen LogP) is 1.65. The van der Waals surface area contributed by atoms with Crippen LogP contribution in [0.1, 0.15) is 39.0 Å². The van der Waals surface area contributed by atoms with E-state index in [0.29, 0.717) is 13.1 Å². The van der Waals surface area contributed by atoms with Gasteiger partial charge in [-0.25, -0.2) is 9.78 Å². The van der Waals surface area contributed by atoms with Crippen molar-refractivity contribution in [1.29, 1.82) is 0 Å². The summed E-state index contributed by atoms with van der Waals surface area (Å²) in [4.78, 5) is 27.8. The molecule has 1 heterocycles. The standard InChI is InChI=1S/C17H19N3O3/c1-2-23-17(22)15-8-4-7-14(20-15)16(21)19-11-13-6-3-5-12(9-13)10-18/h3-9H,2,10-11,18H2,1H3,(H,19,21). The van der Waals surface area contributed by atoms with Crippen molar-refractivity contribution >= 4 is 11.9 Å². The van der Waals surface area contributed by atoms with Crippen molar-refractivity contribution in [2.45, 2.75) is 20.0 Å². The van der Waals surface area contributed by atoms with E-state index in [2.05, 4.69) is 10.3 Å². The summed E-state index contributed by atoms with van der Waals surface area (Å²) in [5.41, 5.74) is 7.83. The summed E-state index contributed by atoms with van der Waals surface area (Å²) >= 11 is 0. The Balaban J connectivity index is 2.03. The van der Waals surface area contributed by atoms with E-state index >= 15 is 0 Å². The zero-order chi connectivity index (χ0) is 16.7. The van der Waals surface area contributed by atoms with E-state index in [4.69, 9.17) is 10.5 Å². The number of hydrogen-bond donors (Lipinski definition) is 2. The maximum atomic E-state index is 12.2. The molecule has 1 aromatic heterocycles. The topological polar surface area (TPSA) is 94.3 Å². The Morgan fingerprint density at radius 2 is 1.83 bits per heavy atom. The minimum absolute atomic E-state index is 0.115. The van der Waals surface area contributed by atoms with Gasteiger partial charge in [0.05, 0.1) is 6.61 Å². The van der Waals surface area contributed by atoms with Crippen LogP contribution in [0.2, 0.25) is 0 Å². The molecule has 0 saturated carbocycles. The van der Waals surface area contributed by atoms with E-state index in [1.165, 1.54) is 6.07 Å². The molecule has 2 rings (SSSR count). The van der Waals surface area contributed by atoms with Gasteiger partial charge in [0.25, 0.3) is 5.91 Å². The van der Waals surface area contributed by atoms with E-state index in [-0.39, 0.29) is 23.9 Å². The maximum Gasteiger partial charge on any atom is 0.356 e. The third-order valence-corrected chi connectivity index (χ3v) is 3.15. The molecule has 3 N–H and O–H groups in total. The zero-order valence-electron chi connectivity index (χ0n) is 12.9. The van der Waals surface area contributed by atoms with Crippen LogP contribution >= 0.6 is 0 Å². The van der Waals surface area contributed by atoms with Crippen LogP contribution in [0.25, 0.3) is 0 Å². The molecule has 23 heavy (non-hydrogen) atoms. The predicted molar refractivity (Wildman–Crippen MR) is 85.7 cm³/mol. The van der Waals surface area contributed by atoms with Crippen molar-refractivity contribution < 1.29 is 14.3 Å². The number of benzene rings is 1. The molecule has 1 amide bonds. The highest BCUT2D eigenvalue weighted by Gasteiger charge is 2.12. The Morgan fingerprint density at radius 1 is 1.13 bits per heavy atom. The first-order valence-corrected chi connectivity index (χ1v) is 7.34. The number of hydrogen-bond acceptors (Lipinski definition) is 5. The molecule has 120 valence electrons. The highest BCUT2D eigenvalue weighted by Crippen LogP contribution is 2.06. The normalized spacial score (nSPS) is 10.2. The lowest BCUT2D eigenvalue weighted by Crippen LogP contribution is -2.24. The lowest BCUT2D eigenvalue weighted by Gasteiger charge is -2.07. The monoisotopic (exact) mass is 313 g/mol. The van der Waals surface area contributed by atoms with Gasteiger partial charge in [-0.1, -0.05) is 30.3 Å². The fraction of sp³-hybridized carbons (Fsp3) is 0.235. The molecule has 0 bridgehead atoms. The zero-order valence-corrected chi connectivity index (χ0v) is 12.9. The highest BCUT2D eigenvalue weighted by atomic mass is 16.5. The van der Waals surface area contributed by atoms with Gasteiger partial charge in [0.15, 0.2) is 0 Å². The van der Waals surface area contributed by atoms with Crippen LogP contribution in [0.15, 0.2) is 42.5 Å². The van der Waals surface area contributed by atoms with Crippen molar-refractivity contribution in [2.24, 2.45) is 5.73 Å². The van der Waals surface area contributed by atoms with Gasteiger partial charge in [-0.05, 0) is 30.2 Å². The highest BCUT2D eigenvalue weighted by molar-refractivity contribution is 5.94. The van der Waals surface area contributed by atoms with Gasteiger partial charge in [-0.3, -0.25) is 4.79 Å². The van der Waals surface area contributed by atoms with Crippen LogP contribution in [0.3, 0.4) is 0 Å². The molecule has 6 nitrogen and oxygen atoms in total. The second kappa shape index (κ2) is 8.05. The number of nitrogens with two attached hydrogens (primary N) is 1. The molecule has 6 heteroatoms. The fourth-order valence-electron chi connectivity index (χ4n) is 2.02. The van der Waals surface area contributed by atoms with Crippen molar-refractivity contribution in [3.63, 3.8) is 0 Å². The number of esters is 1. The number of carbonyl (C=O) groups excluding carboxylic acids is 2. The van der Waals surface area contributed by atoms with Gasteiger partial charge in [0, 0.05) is 13.1 Å². The quantitative estimate of drug-likeness (QED) is 0.791. The number of aromatic nitrogens is 1. The Hall–Kier alpha value is -2.73. The van der Waals surface area contributed by atoms with Gasteiger partial charge in [-0.2, -0.15) is 0 Å². The number of nitrogens with one attached hydrogen (secondary N) is 1. The lowest BCUT2D eigenvalue weighted by molar-refractivity contribution is 0.0519. The van der Waals surface area contributed by atoms with Crippen LogP contribution in [-0.4, -0.2) is 23.5 Å². The molecular weight excluding hydrogens is 294 g/mol. The Labute approximate surface area is 134 Å². The molecule has 0 aliphatic carbocycles. The number of nitrogens with zero attached hydrogens (tertiary/aromatic N) is 1. The van der Waals surface area contributed by atoms with Crippen molar-refractivity contribution in [2.75, 3.05) is 6.61 Å². The molecule has 1 aromatic carbocycles. The van der Waals surface area contributed by atoms with E-state index < -0.39 is 5.97 Å². The largest absolute Gasteiger partial charge is 0.461 e. The summed E-state index contributed by atoms with van der Waals surface area (Å²) in [6, 6.07) is 12.3. The van der Waals surface area contributed by atoms with E-state index in [1.54, 1.807) is 19.1 Å². The van der Waals surface area contributed by atoms with E-state index in [1.807, 2.05) is 24.3 Å². The van der Waals surface area contributed by atoms with Gasteiger partial charge >= 0.3 is 5.97 Å². The molecule has 0 aliphatic heterocycles. The maximum absolute atomic E-state index is 12.2. The molecule has 0 aliphatic rings. The average molecular weight is 313 g/mol. The van der Waals surface area contributed by atoms with Gasteiger partial charge < -0.3 is 15.8 Å². The van der Waals surface area contributed by atoms with Crippen molar-refractivity contribution in [3.05, 3.63) is 65.0 Å². The molecule has 0 unspecified atom stereocenters. The summed E-state index contributed by atoms with van der Waals surface area (Å²) in [6.45, 7) is 2.78. The Morgan fingerprint density at radius 3 is 2.57 bits per heavy atom. The minimum Gasteiger partial charge on any atom is -0.461 e. The molecule has 0 saturated heterocycles. The summed E-state index contributed by atoms with van der Waals surface area (Å²) in [5.74, 6) is -0.896. The summed E-state index contributed by atoms with van der Waals surface area (Å²) in [7, 11) is 0. The molecule has 0 fully saturated rings. The number of amides is 1. The fourth-order valence-corrected chi connectivity index (χ4v) is 2.02. The molecule has 0 spiro atoms. The smallest absolute Gasteiger partial charge is 0.356 e. The van der Waals surface area contributed by atoms with E-state index in [9.17, 15) is 9.59 Å². The summed E-state index contributed by atoms with van der Waals surface area (Å²) in [6.07, 6.45) is 0. The summed E-state index contributed by atoms with van der Waals surface area (Å²) in [5, 5.41) is 2.77. The number of carbonyl (C=O) groups is 2. The SMILES string of the molecule is CCOC(=O)c1cccc(C(=O)NCc2cccc(CN)c2)n1. The second-order valence-electron chi connectivity index (χ2n) is 4.84. The van der Waals surface area contributed by atoms with Crippen molar-refractivity contribution in [1.82, 2.24) is 10.3 Å². The number of ether oxygens (including phenoxy) is 1. The second-order valence-corrected chi connectivity index (χ2v) is 4.84. The van der Waals surface area contributed by atoms with Crippen LogP contribution in [0.5, 0.6) is 0 Å². The van der Waals surface area contributed by atoms with Crippen LogP contribution in [-0.2, 0) is 17.8 Å². The van der Waals surface area contributed by atoms with Crippen LogP contribution < -0.4 is 11.1 Å². The van der Waals surface area contributed by atoms with Crippen LogP contribution in [0, 0.1) is 0 Å². The first-order chi connectivity index (χ1) is 11.1. The third kappa shape index (κ3) is 4.62. The number of rotatable bonds is 6. The Kier molecular flexibility index (Phi) is 5.82. The molecular formula is C17H19N3O3. The van der Waals surface area contributed by atoms with Crippen molar-refractivity contribution in [3.8, 4) is 0 Å². The lowest BCUT2D eigenvalue weighted by atomic mass is 10.1. The van der Waals surface area contributed by atoms with Gasteiger partial charge in [-0.15, -0.1) is 0 Å². The Bertz CT molecular complexity index is 701. The first-order valence-electron chi connectivity index (χ1n) is 7.34. The minimum atomic E-state index is -0.544.